The number of hydrogen-bond acceptors (Lipinski definition) is 2. The zero-order valence-corrected chi connectivity index (χ0v) is 15.8. The largest absolute Gasteiger partial charge is 0.493 e. The van der Waals surface area contributed by atoms with Crippen LogP contribution in [0.15, 0.2) is 36.4 Å². The number of ether oxygens (including phenoxy) is 1. The van der Waals surface area contributed by atoms with Crippen molar-refractivity contribution in [1.82, 2.24) is 0 Å². The molecule has 0 heterocycles. The summed E-state index contributed by atoms with van der Waals surface area (Å²) in [5.41, 5.74) is 5.74. The summed E-state index contributed by atoms with van der Waals surface area (Å²) in [7, 11) is 0. The minimum absolute atomic E-state index is 0.0554. The van der Waals surface area contributed by atoms with Crippen molar-refractivity contribution in [3.63, 3.8) is 0 Å². The zero-order valence-electron chi connectivity index (χ0n) is 15.8. The molecule has 0 aromatic heterocycles. The fourth-order valence-electron chi connectivity index (χ4n) is 2.98. The van der Waals surface area contributed by atoms with Crippen LogP contribution in [0.3, 0.4) is 0 Å². The average molecular weight is 339 g/mol. The van der Waals surface area contributed by atoms with Crippen molar-refractivity contribution in [2.24, 2.45) is 0 Å². The Morgan fingerprint density at radius 3 is 2.32 bits per heavy atom. The third-order valence-corrected chi connectivity index (χ3v) is 4.40. The van der Waals surface area contributed by atoms with Gasteiger partial charge in [-0.05, 0) is 55.9 Å². The number of hydrogen-bond donors (Lipinski definition) is 1. The number of amides is 1. The first-order valence-corrected chi connectivity index (χ1v) is 9.15. The number of benzene rings is 2. The van der Waals surface area contributed by atoms with Crippen molar-refractivity contribution < 1.29 is 9.53 Å². The van der Waals surface area contributed by atoms with E-state index in [1.807, 2.05) is 19.1 Å². The molecule has 0 spiro atoms. The molecule has 0 aliphatic carbocycles. The summed E-state index contributed by atoms with van der Waals surface area (Å²) in [6.07, 6.45) is 3.00. The molecule has 0 bridgehead atoms. The second kappa shape index (κ2) is 9.26. The number of rotatable bonds is 8. The van der Waals surface area contributed by atoms with Crippen LogP contribution < -0.4 is 10.1 Å². The molecule has 0 aliphatic heterocycles. The molecule has 134 valence electrons. The van der Waals surface area contributed by atoms with Crippen LogP contribution in [0, 0.1) is 13.8 Å². The predicted molar refractivity (Wildman–Crippen MR) is 104 cm³/mol. The van der Waals surface area contributed by atoms with Gasteiger partial charge in [0, 0.05) is 12.1 Å². The van der Waals surface area contributed by atoms with E-state index in [1.54, 1.807) is 0 Å². The molecular weight excluding hydrogens is 310 g/mol. The van der Waals surface area contributed by atoms with E-state index in [4.69, 9.17) is 4.74 Å². The Hall–Kier alpha value is -2.29. The molecule has 2 aromatic carbocycles. The average Bonchev–Trinajstić information content (AvgIpc) is 2.60. The summed E-state index contributed by atoms with van der Waals surface area (Å²) >= 11 is 0. The number of carbonyl (C=O) groups is 1. The summed E-state index contributed by atoms with van der Waals surface area (Å²) in [5, 5.41) is 3.10. The minimum atomic E-state index is 0.0554. The second-order valence-corrected chi connectivity index (χ2v) is 6.43. The first kappa shape index (κ1) is 19.0. The molecule has 0 unspecified atom stereocenters. The van der Waals surface area contributed by atoms with Crippen LogP contribution in [-0.2, 0) is 17.6 Å². The molecule has 0 atom stereocenters. The highest BCUT2D eigenvalue weighted by molar-refractivity contribution is 5.92. The van der Waals surface area contributed by atoms with Crippen LogP contribution in [0.4, 0.5) is 5.69 Å². The highest BCUT2D eigenvalue weighted by Gasteiger charge is 2.10. The van der Waals surface area contributed by atoms with Crippen LogP contribution in [0.5, 0.6) is 5.75 Å². The monoisotopic (exact) mass is 339 g/mol. The highest BCUT2D eigenvalue weighted by atomic mass is 16.5. The summed E-state index contributed by atoms with van der Waals surface area (Å²) in [6, 6.07) is 12.4. The lowest BCUT2D eigenvalue weighted by Crippen LogP contribution is -2.15. The quantitative estimate of drug-likeness (QED) is 0.669. The molecule has 0 saturated carbocycles. The Morgan fingerprint density at radius 1 is 1.04 bits per heavy atom. The molecule has 0 radical (unpaired) electrons. The topological polar surface area (TPSA) is 38.3 Å². The summed E-state index contributed by atoms with van der Waals surface area (Å²) in [6.45, 7) is 8.89. The molecule has 2 rings (SSSR count). The first-order chi connectivity index (χ1) is 12.0. The Kier molecular flexibility index (Phi) is 7.05. The standard InChI is InChI=1S/C22H29NO2/c1-5-18-9-7-10-19(6-2)22(18)23-21(24)11-8-14-25-20-13-12-16(3)15-17(20)4/h7,9-10,12-13,15H,5-6,8,11,14H2,1-4H3,(H,23,24). The lowest BCUT2D eigenvalue weighted by molar-refractivity contribution is -0.116. The van der Waals surface area contributed by atoms with E-state index < -0.39 is 0 Å². The van der Waals surface area contributed by atoms with Crippen molar-refractivity contribution in [3.8, 4) is 5.75 Å². The fourth-order valence-corrected chi connectivity index (χ4v) is 2.98. The normalized spacial score (nSPS) is 10.6. The van der Waals surface area contributed by atoms with Gasteiger partial charge in [0.05, 0.1) is 6.61 Å². The maximum Gasteiger partial charge on any atom is 0.224 e. The van der Waals surface area contributed by atoms with Crippen LogP contribution >= 0.6 is 0 Å². The third-order valence-electron chi connectivity index (χ3n) is 4.40. The summed E-state index contributed by atoms with van der Waals surface area (Å²) in [4.78, 5) is 12.3. The lowest BCUT2D eigenvalue weighted by atomic mass is 10.0. The summed E-state index contributed by atoms with van der Waals surface area (Å²) in [5.74, 6) is 0.954. The van der Waals surface area contributed by atoms with E-state index >= 15 is 0 Å². The van der Waals surface area contributed by atoms with E-state index in [0.717, 1.165) is 29.8 Å². The van der Waals surface area contributed by atoms with E-state index in [1.165, 1.54) is 16.7 Å². The molecule has 0 aliphatic rings. The molecule has 3 nitrogen and oxygen atoms in total. The molecule has 1 N–H and O–H groups in total. The van der Waals surface area contributed by atoms with Crippen molar-refractivity contribution in [2.45, 2.75) is 53.4 Å². The van der Waals surface area contributed by atoms with Crippen LogP contribution in [-0.4, -0.2) is 12.5 Å². The van der Waals surface area contributed by atoms with Crippen LogP contribution in [0.2, 0.25) is 0 Å². The van der Waals surface area contributed by atoms with Crippen LogP contribution in [0.25, 0.3) is 0 Å². The number of carbonyl (C=O) groups excluding carboxylic acids is 1. The van der Waals surface area contributed by atoms with Gasteiger partial charge in [0.1, 0.15) is 5.75 Å². The summed E-state index contributed by atoms with van der Waals surface area (Å²) < 4.78 is 5.80. The van der Waals surface area contributed by atoms with E-state index in [0.29, 0.717) is 19.4 Å². The van der Waals surface area contributed by atoms with E-state index in [-0.39, 0.29) is 5.91 Å². The third kappa shape index (κ3) is 5.35. The fraction of sp³-hybridized carbons (Fsp3) is 0.409. The van der Waals surface area contributed by atoms with Gasteiger partial charge < -0.3 is 10.1 Å². The Bertz CT molecular complexity index is 700. The molecule has 0 saturated heterocycles. The maximum atomic E-state index is 12.3. The van der Waals surface area contributed by atoms with E-state index in [2.05, 4.69) is 50.4 Å². The van der Waals surface area contributed by atoms with Gasteiger partial charge in [-0.1, -0.05) is 49.7 Å². The van der Waals surface area contributed by atoms with Gasteiger partial charge in [-0.25, -0.2) is 0 Å². The predicted octanol–water partition coefficient (Wildman–Crippen LogP) is 5.23. The van der Waals surface area contributed by atoms with E-state index in [9.17, 15) is 4.79 Å². The molecule has 25 heavy (non-hydrogen) atoms. The second-order valence-electron chi connectivity index (χ2n) is 6.43. The van der Waals surface area contributed by atoms with Crippen LogP contribution in [0.1, 0.15) is 48.9 Å². The lowest BCUT2D eigenvalue weighted by Gasteiger charge is -2.14. The Balaban J connectivity index is 1.85. The molecule has 2 aromatic rings. The highest BCUT2D eigenvalue weighted by Crippen LogP contribution is 2.23. The van der Waals surface area contributed by atoms with Gasteiger partial charge in [0.15, 0.2) is 0 Å². The van der Waals surface area contributed by atoms with Crippen molar-refractivity contribution in [2.75, 3.05) is 11.9 Å². The SMILES string of the molecule is CCc1cccc(CC)c1NC(=O)CCCOc1ccc(C)cc1C. The molecular formula is C22H29NO2. The minimum Gasteiger partial charge on any atom is -0.493 e. The van der Waals surface area contributed by atoms with Crippen molar-refractivity contribution in [1.29, 1.82) is 0 Å². The number of anilines is 1. The van der Waals surface area contributed by atoms with Gasteiger partial charge in [-0.15, -0.1) is 0 Å². The smallest absolute Gasteiger partial charge is 0.224 e. The van der Waals surface area contributed by atoms with Gasteiger partial charge in [0.2, 0.25) is 5.91 Å². The van der Waals surface area contributed by atoms with Gasteiger partial charge >= 0.3 is 0 Å². The first-order valence-electron chi connectivity index (χ1n) is 9.15. The molecule has 1 amide bonds. The maximum absolute atomic E-state index is 12.3. The number of aryl methyl sites for hydroxylation is 4. The Labute approximate surface area is 151 Å². The Morgan fingerprint density at radius 2 is 1.72 bits per heavy atom. The number of para-hydroxylation sites is 1. The number of nitrogens with one attached hydrogen (secondary N) is 1. The van der Waals surface area contributed by atoms with Crippen molar-refractivity contribution >= 4 is 11.6 Å². The molecule has 0 fully saturated rings. The zero-order chi connectivity index (χ0) is 18.2. The van der Waals surface area contributed by atoms with Gasteiger partial charge in [0.25, 0.3) is 0 Å². The van der Waals surface area contributed by atoms with Crippen molar-refractivity contribution in [3.05, 3.63) is 58.7 Å². The van der Waals surface area contributed by atoms with Gasteiger partial charge in [-0.2, -0.15) is 0 Å². The van der Waals surface area contributed by atoms with Gasteiger partial charge in [-0.3, -0.25) is 4.79 Å². The molecule has 3 heteroatoms.